The molecular formula is C12H19NO2. The van der Waals surface area contributed by atoms with E-state index in [9.17, 15) is 4.79 Å². The summed E-state index contributed by atoms with van der Waals surface area (Å²) in [6.07, 6.45) is 10.1. The van der Waals surface area contributed by atoms with E-state index in [0.717, 1.165) is 19.4 Å². The van der Waals surface area contributed by atoms with Crippen molar-refractivity contribution < 1.29 is 9.53 Å². The van der Waals surface area contributed by atoms with Crippen molar-refractivity contribution in [1.82, 2.24) is 5.32 Å². The van der Waals surface area contributed by atoms with Crippen molar-refractivity contribution in [2.24, 2.45) is 5.41 Å². The Morgan fingerprint density at radius 2 is 1.67 bits per heavy atom. The van der Waals surface area contributed by atoms with Crippen molar-refractivity contribution in [3.05, 3.63) is 0 Å². The van der Waals surface area contributed by atoms with E-state index in [1.807, 2.05) is 0 Å². The molecule has 1 amide bonds. The average molecular weight is 209 g/mol. The number of nitrogens with one attached hydrogen (secondary N) is 1. The molecule has 2 aliphatic carbocycles. The van der Waals surface area contributed by atoms with Gasteiger partial charge in [-0.1, -0.05) is 12.8 Å². The normalized spacial score (nSPS) is 31.9. The molecule has 84 valence electrons. The lowest BCUT2D eigenvalue weighted by molar-refractivity contribution is -0.0107. The van der Waals surface area contributed by atoms with Crippen molar-refractivity contribution in [3.63, 3.8) is 0 Å². The number of rotatable bonds is 0. The molecule has 2 saturated carbocycles. The number of ether oxygens (including phenoxy) is 1. The minimum Gasteiger partial charge on any atom is -0.441 e. The highest BCUT2D eigenvalue weighted by atomic mass is 16.6. The van der Waals surface area contributed by atoms with E-state index in [2.05, 4.69) is 5.32 Å². The zero-order valence-electron chi connectivity index (χ0n) is 9.18. The first-order valence-electron chi connectivity index (χ1n) is 6.19. The Morgan fingerprint density at radius 1 is 1.00 bits per heavy atom. The molecule has 1 N–H and O–H groups in total. The zero-order chi connectivity index (χ0) is 10.4. The Balaban J connectivity index is 1.67. The van der Waals surface area contributed by atoms with E-state index in [1.165, 1.54) is 38.5 Å². The van der Waals surface area contributed by atoms with Gasteiger partial charge in [0.2, 0.25) is 0 Å². The topological polar surface area (TPSA) is 38.3 Å². The van der Waals surface area contributed by atoms with Gasteiger partial charge in [0.25, 0.3) is 0 Å². The third kappa shape index (κ3) is 1.52. The number of carbonyl (C=O) groups is 1. The first-order chi connectivity index (χ1) is 7.22. The zero-order valence-corrected chi connectivity index (χ0v) is 9.18. The van der Waals surface area contributed by atoms with Crippen LogP contribution in [0.15, 0.2) is 0 Å². The summed E-state index contributed by atoms with van der Waals surface area (Å²) in [5.41, 5.74) is 0.491. The molecule has 0 aromatic rings. The highest BCUT2D eigenvalue weighted by Crippen LogP contribution is 2.52. The van der Waals surface area contributed by atoms with Crippen molar-refractivity contribution >= 4 is 6.09 Å². The molecule has 1 saturated heterocycles. The van der Waals surface area contributed by atoms with Crippen LogP contribution in [-0.2, 0) is 4.74 Å². The summed E-state index contributed by atoms with van der Waals surface area (Å²) in [5, 5.41) is 2.80. The molecule has 3 aliphatic rings. The van der Waals surface area contributed by atoms with Gasteiger partial charge in [0.1, 0.15) is 5.60 Å². The highest BCUT2D eigenvalue weighted by Gasteiger charge is 2.48. The Hall–Kier alpha value is -0.730. The number of amides is 1. The van der Waals surface area contributed by atoms with Crippen LogP contribution in [0.5, 0.6) is 0 Å². The van der Waals surface area contributed by atoms with Crippen molar-refractivity contribution in [2.75, 3.05) is 6.54 Å². The van der Waals surface area contributed by atoms with Gasteiger partial charge in [-0.2, -0.15) is 0 Å². The average Bonchev–Trinajstić information content (AvgIpc) is 2.81. The summed E-state index contributed by atoms with van der Waals surface area (Å²) < 4.78 is 5.44. The van der Waals surface area contributed by atoms with E-state index >= 15 is 0 Å². The van der Waals surface area contributed by atoms with Crippen LogP contribution in [0, 0.1) is 5.41 Å². The fourth-order valence-corrected chi connectivity index (χ4v) is 3.64. The van der Waals surface area contributed by atoms with Gasteiger partial charge in [0.15, 0.2) is 0 Å². The fourth-order valence-electron chi connectivity index (χ4n) is 3.64. The van der Waals surface area contributed by atoms with Gasteiger partial charge in [-0.25, -0.2) is 4.79 Å². The van der Waals surface area contributed by atoms with Crippen LogP contribution in [0.2, 0.25) is 0 Å². The molecule has 0 unspecified atom stereocenters. The Morgan fingerprint density at radius 3 is 2.20 bits per heavy atom. The lowest BCUT2D eigenvalue weighted by atomic mass is 9.68. The standard InChI is InChI=1S/C12H19NO2/c14-10-13-9-12(15-10)7-5-11(6-8-12)3-1-2-4-11/h1-9H2,(H,13,14). The first kappa shape index (κ1) is 9.49. The predicted molar refractivity (Wildman–Crippen MR) is 56.6 cm³/mol. The molecular weight excluding hydrogens is 190 g/mol. The second-order valence-corrected chi connectivity index (χ2v) is 5.63. The molecule has 3 fully saturated rings. The van der Waals surface area contributed by atoms with E-state index < -0.39 is 0 Å². The van der Waals surface area contributed by atoms with Gasteiger partial charge in [-0.05, 0) is 43.9 Å². The molecule has 1 aliphatic heterocycles. The number of alkyl carbamates (subject to hydrolysis) is 1. The van der Waals surface area contributed by atoms with Crippen LogP contribution in [0.1, 0.15) is 51.4 Å². The lowest BCUT2D eigenvalue weighted by Gasteiger charge is -2.41. The van der Waals surface area contributed by atoms with Crippen molar-refractivity contribution in [1.29, 1.82) is 0 Å². The van der Waals surface area contributed by atoms with Gasteiger partial charge in [-0.3, -0.25) is 0 Å². The summed E-state index contributed by atoms with van der Waals surface area (Å²) in [4.78, 5) is 11.1. The molecule has 1 heterocycles. The van der Waals surface area contributed by atoms with E-state index in [4.69, 9.17) is 4.74 Å². The van der Waals surface area contributed by atoms with Gasteiger partial charge < -0.3 is 10.1 Å². The molecule has 2 spiro atoms. The Kier molecular flexibility index (Phi) is 1.98. The minimum atomic E-state index is -0.211. The molecule has 0 aromatic heterocycles. The predicted octanol–water partition coefficient (Wildman–Crippen LogP) is 2.60. The maximum atomic E-state index is 11.1. The number of carbonyl (C=O) groups excluding carboxylic acids is 1. The van der Waals surface area contributed by atoms with Crippen LogP contribution in [0.4, 0.5) is 4.79 Å². The van der Waals surface area contributed by atoms with Crippen LogP contribution in [-0.4, -0.2) is 18.2 Å². The maximum absolute atomic E-state index is 11.1. The van der Waals surface area contributed by atoms with Gasteiger partial charge in [0, 0.05) is 0 Å². The van der Waals surface area contributed by atoms with Crippen molar-refractivity contribution in [3.8, 4) is 0 Å². The quantitative estimate of drug-likeness (QED) is 0.666. The van der Waals surface area contributed by atoms with Crippen LogP contribution in [0.3, 0.4) is 0 Å². The monoisotopic (exact) mass is 209 g/mol. The Labute approximate surface area is 90.6 Å². The molecule has 3 rings (SSSR count). The summed E-state index contributed by atoms with van der Waals surface area (Å²) in [6, 6.07) is 0. The van der Waals surface area contributed by atoms with E-state index in [1.54, 1.807) is 0 Å². The molecule has 3 heteroatoms. The van der Waals surface area contributed by atoms with Crippen LogP contribution < -0.4 is 5.32 Å². The number of hydrogen-bond acceptors (Lipinski definition) is 2. The van der Waals surface area contributed by atoms with Gasteiger partial charge in [-0.15, -0.1) is 0 Å². The van der Waals surface area contributed by atoms with Gasteiger partial charge in [0.05, 0.1) is 6.54 Å². The molecule has 3 nitrogen and oxygen atoms in total. The lowest BCUT2D eigenvalue weighted by Crippen LogP contribution is -2.40. The Bertz CT molecular complexity index is 271. The summed E-state index contributed by atoms with van der Waals surface area (Å²) in [7, 11) is 0. The second kappa shape index (κ2) is 3.13. The van der Waals surface area contributed by atoms with E-state index in [0.29, 0.717) is 5.41 Å². The molecule has 0 aromatic carbocycles. The third-order valence-corrected chi connectivity index (χ3v) is 4.75. The van der Waals surface area contributed by atoms with Crippen molar-refractivity contribution in [2.45, 2.75) is 57.0 Å². The number of hydrogen-bond donors (Lipinski definition) is 1. The summed E-state index contributed by atoms with van der Waals surface area (Å²) in [6.45, 7) is 0.738. The first-order valence-corrected chi connectivity index (χ1v) is 6.19. The third-order valence-electron chi connectivity index (χ3n) is 4.75. The second-order valence-electron chi connectivity index (χ2n) is 5.63. The smallest absolute Gasteiger partial charge is 0.407 e. The molecule has 0 atom stereocenters. The van der Waals surface area contributed by atoms with Crippen LogP contribution in [0.25, 0.3) is 0 Å². The fraction of sp³-hybridized carbons (Fsp3) is 0.917. The van der Waals surface area contributed by atoms with Gasteiger partial charge >= 0.3 is 6.09 Å². The molecule has 15 heavy (non-hydrogen) atoms. The van der Waals surface area contributed by atoms with E-state index in [-0.39, 0.29) is 11.7 Å². The maximum Gasteiger partial charge on any atom is 0.407 e. The molecule has 0 radical (unpaired) electrons. The molecule has 0 bridgehead atoms. The largest absolute Gasteiger partial charge is 0.441 e. The minimum absolute atomic E-state index is 0.134. The summed E-state index contributed by atoms with van der Waals surface area (Å²) in [5.74, 6) is 0. The highest BCUT2D eigenvalue weighted by molar-refractivity contribution is 5.70. The van der Waals surface area contributed by atoms with Crippen LogP contribution >= 0.6 is 0 Å². The SMILES string of the molecule is O=C1NCC2(CCC3(CCCC3)CC2)O1. The summed E-state index contributed by atoms with van der Waals surface area (Å²) >= 11 is 0.